The zero-order valence-corrected chi connectivity index (χ0v) is 18.5. The van der Waals surface area contributed by atoms with Gasteiger partial charge in [0.15, 0.2) is 0 Å². The number of amides is 2. The van der Waals surface area contributed by atoms with Crippen LogP contribution in [0.1, 0.15) is 10.4 Å². The van der Waals surface area contributed by atoms with Crippen molar-refractivity contribution in [2.24, 2.45) is 0 Å². The summed E-state index contributed by atoms with van der Waals surface area (Å²) in [5, 5.41) is 2.82. The summed E-state index contributed by atoms with van der Waals surface area (Å²) in [4.78, 5) is 27.3. The fraction of sp³-hybridized carbons (Fsp3) is 0.238. The maximum absolute atomic E-state index is 13.0. The monoisotopic (exact) mass is 461 g/mol. The summed E-state index contributed by atoms with van der Waals surface area (Å²) in [5.41, 5.74) is 0.920. The Labute approximate surface area is 185 Å². The van der Waals surface area contributed by atoms with Crippen molar-refractivity contribution >= 4 is 39.3 Å². The van der Waals surface area contributed by atoms with E-state index >= 15 is 0 Å². The van der Waals surface area contributed by atoms with E-state index in [1.807, 2.05) is 0 Å². The van der Waals surface area contributed by atoms with Crippen LogP contribution in [0, 0.1) is 0 Å². The molecule has 8 nitrogen and oxygen atoms in total. The third-order valence-electron chi connectivity index (χ3n) is 4.63. The van der Waals surface area contributed by atoms with E-state index in [4.69, 9.17) is 4.74 Å². The summed E-state index contributed by atoms with van der Waals surface area (Å²) >= 11 is 1.48. The second-order valence-electron chi connectivity index (χ2n) is 6.67. The fourth-order valence-corrected chi connectivity index (χ4v) is 5.11. The van der Waals surface area contributed by atoms with Gasteiger partial charge in [-0.15, -0.1) is 18.3 Å². The highest BCUT2D eigenvalue weighted by Gasteiger charge is 2.35. The zero-order valence-electron chi connectivity index (χ0n) is 16.9. The van der Waals surface area contributed by atoms with Gasteiger partial charge in [0.05, 0.1) is 17.9 Å². The highest BCUT2D eigenvalue weighted by atomic mass is 32.2. The molecule has 3 rings (SSSR count). The lowest BCUT2D eigenvalue weighted by Gasteiger charge is -2.23. The molecule has 10 heteroatoms. The Morgan fingerprint density at radius 1 is 1.19 bits per heavy atom. The number of nitrogens with one attached hydrogen (secondary N) is 2. The van der Waals surface area contributed by atoms with Crippen LogP contribution < -0.4 is 14.8 Å². The molecule has 2 amide bonds. The van der Waals surface area contributed by atoms with E-state index in [0.29, 0.717) is 28.6 Å². The van der Waals surface area contributed by atoms with Crippen LogP contribution in [-0.4, -0.2) is 56.5 Å². The molecule has 1 heterocycles. The normalized spacial score (nSPS) is 16.0. The van der Waals surface area contributed by atoms with Crippen LogP contribution in [0.2, 0.25) is 0 Å². The third-order valence-corrected chi connectivity index (χ3v) is 7.08. The molecule has 0 bridgehead atoms. The Hall–Kier alpha value is -2.82. The van der Waals surface area contributed by atoms with Crippen LogP contribution in [0.5, 0.6) is 5.75 Å². The van der Waals surface area contributed by atoms with Gasteiger partial charge >= 0.3 is 0 Å². The van der Waals surface area contributed by atoms with Crippen LogP contribution in [0.25, 0.3) is 0 Å². The summed E-state index contributed by atoms with van der Waals surface area (Å²) in [5.74, 6) is 0.919. The van der Waals surface area contributed by atoms with Crippen LogP contribution in [-0.2, 0) is 14.8 Å². The number of hydrogen-bond acceptors (Lipinski definition) is 6. The molecular formula is C21H23N3O5S2. The van der Waals surface area contributed by atoms with Crippen molar-refractivity contribution in [3.63, 3.8) is 0 Å². The van der Waals surface area contributed by atoms with Crippen molar-refractivity contribution in [2.45, 2.75) is 10.9 Å². The number of methoxy groups -OCH3 is 1. The van der Waals surface area contributed by atoms with Crippen molar-refractivity contribution < 1.29 is 22.7 Å². The van der Waals surface area contributed by atoms with Gasteiger partial charge in [0.1, 0.15) is 11.8 Å². The number of nitrogens with zero attached hydrogens (tertiary/aromatic N) is 1. The van der Waals surface area contributed by atoms with Crippen LogP contribution >= 0.6 is 11.8 Å². The molecular weight excluding hydrogens is 438 g/mol. The lowest BCUT2D eigenvalue weighted by atomic mass is 10.1. The molecule has 1 aliphatic heterocycles. The Balaban J connectivity index is 1.70. The molecule has 2 aromatic rings. The number of benzene rings is 2. The van der Waals surface area contributed by atoms with Gasteiger partial charge in [0, 0.05) is 23.5 Å². The maximum Gasteiger partial charge on any atom is 0.255 e. The smallest absolute Gasteiger partial charge is 0.255 e. The predicted molar refractivity (Wildman–Crippen MR) is 121 cm³/mol. The van der Waals surface area contributed by atoms with Gasteiger partial charge in [0.25, 0.3) is 5.91 Å². The van der Waals surface area contributed by atoms with E-state index in [2.05, 4.69) is 16.6 Å². The molecule has 2 aromatic carbocycles. The van der Waals surface area contributed by atoms with E-state index in [0.717, 1.165) is 0 Å². The molecule has 1 aliphatic rings. The highest BCUT2D eigenvalue weighted by molar-refractivity contribution is 7.99. The number of anilines is 1. The average molecular weight is 462 g/mol. The first kappa shape index (κ1) is 22.9. The molecule has 164 valence electrons. The van der Waals surface area contributed by atoms with Gasteiger partial charge in [-0.3, -0.25) is 9.59 Å². The Morgan fingerprint density at radius 2 is 1.87 bits per heavy atom. The molecule has 1 unspecified atom stereocenters. The highest BCUT2D eigenvalue weighted by Crippen LogP contribution is 2.25. The molecule has 2 N–H and O–H groups in total. The second-order valence-corrected chi connectivity index (χ2v) is 9.44. The van der Waals surface area contributed by atoms with Gasteiger partial charge < -0.3 is 15.0 Å². The molecule has 0 aromatic heterocycles. The van der Waals surface area contributed by atoms with Crippen LogP contribution in [0.3, 0.4) is 0 Å². The summed E-state index contributed by atoms with van der Waals surface area (Å²) < 4.78 is 31.8. The van der Waals surface area contributed by atoms with Crippen molar-refractivity contribution in [2.75, 3.05) is 30.6 Å². The number of rotatable bonds is 8. The number of sulfonamides is 1. The Bertz CT molecular complexity index is 1050. The largest absolute Gasteiger partial charge is 0.497 e. The average Bonchev–Trinajstić information content (AvgIpc) is 3.28. The molecule has 0 spiro atoms. The van der Waals surface area contributed by atoms with Gasteiger partial charge in [-0.2, -0.15) is 0 Å². The van der Waals surface area contributed by atoms with Gasteiger partial charge in [-0.25, -0.2) is 13.1 Å². The minimum absolute atomic E-state index is 0.0514. The zero-order chi connectivity index (χ0) is 22.4. The SMILES string of the molecule is C=CCNS(=O)(=O)c1ccc(C(=O)N2CSCC2C(=O)Nc2ccc(OC)cc2)cc1. The molecule has 31 heavy (non-hydrogen) atoms. The summed E-state index contributed by atoms with van der Waals surface area (Å²) in [6.45, 7) is 3.59. The standard InChI is InChI=1S/C21H23N3O5S2/c1-3-12-22-31(27,28)18-10-4-15(5-11-18)21(26)24-14-30-13-19(24)20(25)23-16-6-8-17(29-2)9-7-16/h3-11,19,22H,1,12-14H2,2H3,(H,23,25). The summed E-state index contributed by atoms with van der Waals surface area (Å²) in [6.07, 6.45) is 1.44. The number of ether oxygens (including phenoxy) is 1. The Kier molecular flexibility index (Phi) is 7.37. The molecule has 0 radical (unpaired) electrons. The molecule has 1 fully saturated rings. The minimum atomic E-state index is -3.67. The lowest BCUT2D eigenvalue weighted by molar-refractivity contribution is -0.119. The van der Waals surface area contributed by atoms with Crippen molar-refractivity contribution in [1.82, 2.24) is 9.62 Å². The molecule has 0 aliphatic carbocycles. The van der Waals surface area contributed by atoms with E-state index in [-0.39, 0.29) is 23.3 Å². The number of thioether (sulfide) groups is 1. The lowest BCUT2D eigenvalue weighted by Crippen LogP contribution is -2.44. The van der Waals surface area contributed by atoms with Crippen molar-refractivity contribution in [3.8, 4) is 5.75 Å². The Morgan fingerprint density at radius 3 is 2.48 bits per heavy atom. The number of carbonyl (C=O) groups excluding carboxylic acids is 2. The van der Waals surface area contributed by atoms with Crippen LogP contribution in [0.4, 0.5) is 5.69 Å². The van der Waals surface area contributed by atoms with Crippen molar-refractivity contribution in [1.29, 1.82) is 0 Å². The van der Waals surface area contributed by atoms with E-state index in [9.17, 15) is 18.0 Å². The summed E-state index contributed by atoms with van der Waals surface area (Å²) in [6, 6.07) is 11.9. The topological polar surface area (TPSA) is 105 Å². The summed E-state index contributed by atoms with van der Waals surface area (Å²) in [7, 11) is -2.11. The van der Waals surface area contributed by atoms with Gasteiger partial charge in [-0.1, -0.05) is 6.08 Å². The van der Waals surface area contributed by atoms with Gasteiger partial charge in [-0.05, 0) is 48.5 Å². The molecule has 1 saturated heterocycles. The van der Waals surface area contributed by atoms with E-state index in [1.165, 1.54) is 47.0 Å². The van der Waals surface area contributed by atoms with Gasteiger partial charge in [0.2, 0.25) is 15.9 Å². The quantitative estimate of drug-likeness (QED) is 0.585. The van der Waals surface area contributed by atoms with E-state index < -0.39 is 16.1 Å². The number of carbonyl (C=O) groups is 2. The van der Waals surface area contributed by atoms with Crippen LogP contribution in [0.15, 0.2) is 66.1 Å². The number of hydrogen-bond donors (Lipinski definition) is 2. The van der Waals surface area contributed by atoms with E-state index in [1.54, 1.807) is 31.4 Å². The predicted octanol–water partition coefficient (Wildman–Crippen LogP) is 2.31. The maximum atomic E-state index is 13.0. The fourth-order valence-electron chi connectivity index (χ4n) is 2.95. The first-order chi connectivity index (χ1) is 14.9. The molecule has 1 atom stereocenters. The van der Waals surface area contributed by atoms with Crippen molar-refractivity contribution in [3.05, 3.63) is 66.7 Å². The first-order valence-corrected chi connectivity index (χ1v) is 12.0. The third kappa shape index (κ3) is 5.46. The minimum Gasteiger partial charge on any atom is -0.497 e. The first-order valence-electron chi connectivity index (χ1n) is 9.40. The molecule has 0 saturated carbocycles. The second kappa shape index (κ2) is 9.99.